The Kier molecular flexibility index (Phi) is 7.90. The van der Waals surface area contributed by atoms with Gasteiger partial charge in [-0.1, -0.05) is 54.6 Å². The molecule has 0 unspecified atom stereocenters. The number of amides is 1. The maximum Gasteiger partial charge on any atom is 0.251 e. The van der Waals surface area contributed by atoms with E-state index in [0.717, 1.165) is 33.7 Å². The first-order valence-electron chi connectivity index (χ1n) is 11.2. The number of benzene rings is 3. The van der Waals surface area contributed by atoms with Crippen molar-refractivity contribution < 1.29 is 14.6 Å². The number of carbonyl (C=O) groups is 1. The number of methoxy groups -OCH3 is 1. The highest BCUT2D eigenvalue weighted by Crippen LogP contribution is 2.31. The molecule has 0 saturated heterocycles. The average molecular weight is 485 g/mol. The van der Waals surface area contributed by atoms with Crippen molar-refractivity contribution in [2.24, 2.45) is 4.99 Å². The van der Waals surface area contributed by atoms with Gasteiger partial charge in [0.05, 0.1) is 19.3 Å². The second-order valence-corrected chi connectivity index (χ2v) is 8.31. The molecule has 1 amide bonds. The molecule has 1 aromatic heterocycles. The van der Waals surface area contributed by atoms with Crippen LogP contribution in [0.5, 0.6) is 5.75 Å². The van der Waals surface area contributed by atoms with Gasteiger partial charge in [-0.2, -0.15) is 12.6 Å². The summed E-state index contributed by atoms with van der Waals surface area (Å²) in [6.07, 6.45) is 0. The first kappa shape index (κ1) is 24.2. The standard InChI is InChI=1S/C28H27N3O3S/c1-34-23-13-11-20(12-14-23)24-17-25(21-5-3-2-4-6-21)31-26(24)28(33)30-18-19-7-9-22(10-8-19)27(32)29-15-16-35/h2-14,17,31,35H,15-16,18H2,1H3,(H,29,32)(H,30,33)/p-1. The Morgan fingerprint density at radius 3 is 2.37 bits per heavy atom. The topological polar surface area (TPSA) is 89.5 Å². The summed E-state index contributed by atoms with van der Waals surface area (Å²) in [7, 11) is 1.62. The zero-order valence-electron chi connectivity index (χ0n) is 19.3. The van der Waals surface area contributed by atoms with E-state index in [2.05, 4.69) is 27.9 Å². The number of thiol groups is 1. The molecule has 0 fully saturated rings. The molecule has 0 aliphatic carbocycles. The van der Waals surface area contributed by atoms with Gasteiger partial charge >= 0.3 is 0 Å². The van der Waals surface area contributed by atoms with E-state index in [0.29, 0.717) is 23.6 Å². The van der Waals surface area contributed by atoms with Crippen LogP contribution in [-0.2, 0) is 6.54 Å². The fourth-order valence-corrected chi connectivity index (χ4v) is 3.78. The molecule has 178 valence electrons. The van der Waals surface area contributed by atoms with Gasteiger partial charge in [0.25, 0.3) is 5.91 Å². The Morgan fingerprint density at radius 1 is 1.00 bits per heavy atom. The lowest BCUT2D eigenvalue weighted by atomic mass is 10.0. The molecule has 0 aliphatic rings. The lowest BCUT2D eigenvalue weighted by molar-refractivity contribution is -0.213. The fourth-order valence-electron chi connectivity index (χ4n) is 3.67. The summed E-state index contributed by atoms with van der Waals surface area (Å²) < 4.78 is 5.27. The highest BCUT2D eigenvalue weighted by Gasteiger charge is 2.12. The molecule has 1 heterocycles. The van der Waals surface area contributed by atoms with E-state index < -0.39 is 0 Å². The Labute approximate surface area is 210 Å². The number of hydrogen-bond acceptors (Lipinski definition) is 5. The van der Waals surface area contributed by atoms with Crippen LogP contribution in [0, 0.1) is 0 Å². The largest absolute Gasteiger partial charge is 0.857 e. The molecule has 6 nitrogen and oxygen atoms in total. The second-order valence-electron chi connectivity index (χ2n) is 7.86. The number of nitrogens with zero attached hydrogens (tertiary/aromatic N) is 1. The predicted molar refractivity (Wildman–Crippen MR) is 141 cm³/mol. The average Bonchev–Trinajstić information content (AvgIpc) is 3.37. The minimum atomic E-state index is -0.339. The van der Waals surface area contributed by atoms with Crippen molar-refractivity contribution in [3.63, 3.8) is 0 Å². The molecule has 35 heavy (non-hydrogen) atoms. The van der Waals surface area contributed by atoms with Crippen molar-refractivity contribution in [2.75, 3.05) is 19.4 Å². The molecule has 4 aromatic rings. The molecule has 0 spiro atoms. The van der Waals surface area contributed by atoms with Gasteiger partial charge < -0.3 is 20.1 Å². The van der Waals surface area contributed by atoms with E-state index >= 15 is 0 Å². The summed E-state index contributed by atoms with van der Waals surface area (Å²) in [5.74, 6) is 0.831. The summed E-state index contributed by atoms with van der Waals surface area (Å²) in [6, 6.07) is 26.5. The monoisotopic (exact) mass is 484 g/mol. The van der Waals surface area contributed by atoms with Gasteiger partial charge in [0.2, 0.25) is 0 Å². The Hall–Kier alpha value is -3.97. The van der Waals surface area contributed by atoms with Gasteiger partial charge in [-0.15, -0.1) is 0 Å². The minimum absolute atomic E-state index is 0.150. The van der Waals surface area contributed by atoms with Gasteiger partial charge in [0, 0.05) is 35.0 Å². The van der Waals surface area contributed by atoms with Crippen LogP contribution in [0.4, 0.5) is 0 Å². The third-order valence-corrected chi connectivity index (χ3v) is 5.76. The molecule has 0 aliphatic heterocycles. The summed E-state index contributed by atoms with van der Waals surface area (Å²) in [4.78, 5) is 19.6. The zero-order valence-corrected chi connectivity index (χ0v) is 20.2. The van der Waals surface area contributed by atoms with Crippen LogP contribution in [0.25, 0.3) is 22.4 Å². The molecular weight excluding hydrogens is 458 g/mol. The van der Waals surface area contributed by atoms with E-state index in [4.69, 9.17) is 4.74 Å². The lowest BCUT2D eigenvalue weighted by Crippen LogP contribution is -2.25. The van der Waals surface area contributed by atoms with E-state index in [1.54, 1.807) is 31.4 Å². The summed E-state index contributed by atoms with van der Waals surface area (Å²) in [5, 5.41) is 16.0. The Balaban J connectivity index is 1.60. The molecule has 0 bridgehead atoms. The third-order valence-electron chi connectivity index (χ3n) is 5.54. The van der Waals surface area contributed by atoms with Crippen LogP contribution in [-0.4, -0.2) is 36.2 Å². The van der Waals surface area contributed by atoms with Crippen LogP contribution >= 0.6 is 12.6 Å². The van der Waals surface area contributed by atoms with Gasteiger partial charge in [-0.05, 0) is 47.0 Å². The third kappa shape index (κ3) is 5.94. The number of aromatic nitrogens is 1. The van der Waals surface area contributed by atoms with Gasteiger partial charge in [0.15, 0.2) is 0 Å². The number of ether oxygens (including phenoxy) is 1. The Morgan fingerprint density at radius 2 is 1.71 bits per heavy atom. The molecule has 4 rings (SSSR count). The summed E-state index contributed by atoms with van der Waals surface area (Å²) >= 11 is 4.10. The first-order chi connectivity index (χ1) is 17.1. The van der Waals surface area contributed by atoms with Crippen LogP contribution in [0.1, 0.15) is 21.6 Å². The number of carbonyl (C=O) groups excluding carboxylic acids is 1. The summed E-state index contributed by atoms with van der Waals surface area (Å²) in [6.45, 7) is 0.713. The van der Waals surface area contributed by atoms with Gasteiger partial charge in [-0.3, -0.25) is 9.79 Å². The van der Waals surface area contributed by atoms with Crippen LogP contribution in [0.3, 0.4) is 0 Å². The maximum atomic E-state index is 13.2. The fraction of sp³-hybridized carbons (Fsp3) is 0.143. The summed E-state index contributed by atoms with van der Waals surface area (Å²) in [5.41, 5.74) is 5.30. The first-order valence-corrected chi connectivity index (χ1v) is 11.8. The number of nitrogens with one attached hydrogen (secondary N) is 2. The number of aliphatic imine (C=N–C) groups is 1. The molecule has 0 radical (unpaired) electrons. The van der Waals surface area contributed by atoms with Crippen LogP contribution < -0.4 is 15.2 Å². The number of H-pyrrole nitrogens is 1. The van der Waals surface area contributed by atoms with Crippen molar-refractivity contribution in [3.8, 4) is 28.1 Å². The number of aromatic amines is 1. The van der Waals surface area contributed by atoms with Crippen molar-refractivity contribution in [1.29, 1.82) is 0 Å². The maximum absolute atomic E-state index is 13.2. The van der Waals surface area contributed by atoms with Crippen molar-refractivity contribution in [2.45, 2.75) is 6.54 Å². The smallest absolute Gasteiger partial charge is 0.251 e. The van der Waals surface area contributed by atoms with E-state index in [-0.39, 0.29) is 18.3 Å². The van der Waals surface area contributed by atoms with Crippen LogP contribution in [0.15, 0.2) is 89.9 Å². The highest BCUT2D eigenvalue weighted by atomic mass is 32.1. The second kappa shape index (κ2) is 11.4. The highest BCUT2D eigenvalue weighted by molar-refractivity contribution is 7.80. The zero-order chi connectivity index (χ0) is 24.6. The van der Waals surface area contributed by atoms with Gasteiger partial charge in [-0.25, -0.2) is 0 Å². The lowest BCUT2D eigenvalue weighted by Gasteiger charge is -2.13. The minimum Gasteiger partial charge on any atom is -0.857 e. The number of rotatable bonds is 9. The molecular formula is C28H26N3O3S-. The SMILES string of the molecule is COc1ccc(-c2cc(-c3ccccc3)[nH]c2C([O-])=NCc2ccc(C(=O)NCCS)cc2)cc1. The molecule has 3 aromatic carbocycles. The normalized spacial score (nSPS) is 11.3. The predicted octanol–water partition coefficient (Wildman–Crippen LogP) is 4.32. The van der Waals surface area contributed by atoms with E-state index in [1.165, 1.54) is 0 Å². The molecule has 7 heteroatoms. The molecule has 0 atom stereocenters. The van der Waals surface area contributed by atoms with Crippen molar-refractivity contribution in [1.82, 2.24) is 10.3 Å². The van der Waals surface area contributed by atoms with E-state index in [9.17, 15) is 9.90 Å². The molecule has 0 saturated carbocycles. The van der Waals surface area contributed by atoms with Gasteiger partial charge in [0.1, 0.15) is 5.75 Å². The van der Waals surface area contributed by atoms with E-state index in [1.807, 2.05) is 60.7 Å². The van der Waals surface area contributed by atoms with Crippen molar-refractivity contribution >= 4 is 24.4 Å². The van der Waals surface area contributed by atoms with Crippen LogP contribution in [0.2, 0.25) is 0 Å². The molecule has 2 N–H and O–H groups in total. The number of hydrogen-bond donors (Lipinski definition) is 3. The Bertz CT molecular complexity index is 1300. The quantitative estimate of drug-likeness (QED) is 0.188. The van der Waals surface area contributed by atoms with Crippen molar-refractivity contribution in [3.05, 3.63) is 102 Å².